The van der Waals surface area contributed by atoms with Gasteiger partial charge in [-0.25, -0.2) is 9.97 Å². The molecular formula is C28H28ClN5O6. The lowest BCUT2D eigenvalue weighted by Crippen LogP contribution is -2.29. The molecule has 1 amide bonds. The minimum absolute atomic E-state index is 0. The quantitative estimate of drug-likeness (QED) is 0.334. The predicted molar refractivity (Wildman–Crippen MR) is 148 cm³/mol. The lowest BCUT2D eigenvalue weighted by Gasteiger charge is -2.23. The molecule has 1 fully saturated rings. The number of methoxy groups -OCH3 is 1. The average Bonchev–Trinajstić information content (AvgIpc) is 3.42. The van der Waals surface area contributed by atoms with Gasteiger partial charge in [0.25, 0.3) is 5.91 Å². The summed E-state index contributed by atoms with van der Waals surface area (Å²) in [5.74, 6) is 0.883. The third-order valence-electron chi connectivity index (χ3n) is 6.45. The van der Waals surface area contributed by atoms with E-state index in [0.29, 0.717) is 64.1 Å². The molecule has 0 aromatic carbocycles. The van der Waals surface area contributed by atoms with Crippen LogP contribution in [0.3, 0.4) is 0 Å². The second-order valence-corrected chi connectivity index (χ2v) is 8.99. The van der Waals surface area contributed by atoms with Gasteiger partial charge in [0.1, 0.15) is 29.1 Å². The number of pyridine rings is 3. The van der Waals surface area contributed by atoms with Crippen LogP contribution in [-0.2, 0) is 4.74 Å². The van der Waals surface area contributed by atoms with Gasteiger partial charge >= 0.3 is 0 Å². The van der Waals surface area contributed by atoms with Gasteiger partial charge in [0.15, 0.2) is 22.8 Å². The average molecular weight is 566 g/mol. The van der Waals surface area contributed by atoms with E-state index in [-0.39, 0.29) is 43.3 Å². The molecule has 0 atom stereocenters. The molecular weight excluding hydrogens is 538 g/mol. The Morgan fingerprint density at radius 3 is 2.73 bits per heavy atom. The van der Waals surface area contributed by atoms with Crippen LogP contribution >= 0.6 is 12.4 Å². The number of ether oxygens (including phenoxy) is 3. The second kappa shape index (κ2) is 12.7. The fraction of sp³-hybridized carbons (Fsp3) is 0.321. The van der Waals surface area contributed by atoms with E-state index in [1.165, 1.54) is 18.2 Å². The number of halogens is 1. The van der Waals surface area contributed by atoms with Crippen LogP contribution in [0.25, 0.3) is 33.8 Å². The molecule has 0 unspecified atom stereocenters. The van der Waals surface area contributed by atoms with Crippen LogP contribution in [0.5, 0.6) is 11.5 Å². The topological polar surface area (TPSA) is 144 Å². The van der Waals surface area contributed by atoms with Crippen molar-refractivity contribution >= 4 is 29.4 Å². The monoisotopic (exact) mass is 565 g/mol. The highest BCUT2D eigenvalue weighted by molar-refractivity contribution is 5.95. The highest BCUT2D eigenvalue weighted by atomic mass is 35.5. The van der Waals surface area contributed by atoms with E-state index in [4.69, 9.17) is 23.7 Å². The molecule has 0 saturated carbocycles. The molecule has 5 rings (SSSR count). The van der Waals surface area contributed by atoms with E-state index in [9.17, 15) is 10.1 Å². The number of carbonyl (C=O) groups excluding carboxylic acids is 1. The Bertz CT molecular complexity index is 1550. The summed E-state index contributed by atoms with van der Waals surface area (Å²) < 4.78 is 23.1. The predicted octanol–water partition coefficient (Wildman–Crippen LogP) is 3.88. The van der Waals surface area contributed by atoms with Crippen LogP contribution in [0, 0.1) is 11.3 Å². The van der Waals surface area contributed by atoms with E-state index in [0.717, 1.165) is 12.8 Å². The van der Waals surface area contributed by atoms with Gasteiger partial charge in [-0.15, -0.1) is 12.4 Å². The van der Waals surface area contributed by atoms with Crippen molar-refractivity contribution in [1.29, 1.82) is 5.26 Å². The SMILES string of the molecule is COc1cc(C(=O)N(C)CCO)cnc1-c1cc2nccc(-c3ccc(OC4CCOCC4)c(C#N)n3)c2o1.Cl. The molecule has 12 heteroatoms. The van der Waals surface area contributed by atoms with Gasteiger partial charge in [0.2, 0.25) is 0 Å². The van der Waals surface area contributed by atoms with Crippen LogP contribution in [0.1, 0.15) is 28.9 Å². The molecule has 0 spiro atoms. The first-order valence-corrected chi connectivity index (χ1v) is 12.5. The number of aromatic nitrogens is 3. The summed E-state index contributed by atoms with van der Waals surface area (Å²) in [7, 11) is 3.08. The number of nitrogens with zero attached hydrogens (tertiary/aromatic N) is 5. The van der Waals surface area contributed by atoms with Crippen molar-refractivity contribution in [3.05, 3.63) is 54.0 Å². The Morgan fingerprint density at radius 1 is 1.20 bits per heavy atom. The molecule has 4 aromatic rings. The maximum atomic E-state index is 12.6. The zero-order chi connectivity index (χ0) is 27.4. The first-order valence-electron chi connectivity index (χ1n) is 12.5. The maximum absolute atomic E-state index is 12.6. The highest BCUT2D eigenvalue weighted by Crippen LogP contribution is 2.36. The van der Waals surface area contributed by atoms with Crippen LogP contribution in [0.15, 0.2) is 47.1 Å². The Labute approximate surface area is 236 Å². The number of nitriles is 1. The first-order chi connectivity index (χ1) is 19.0. The second-order valence-electron chi connectivity index (χ2n) is 8.99. The lowest BCUT2D eigenvalue weighted by atomic mass is 10.1. The number of aliphatic hydroxyl groups is 1. The molecule has 1 aliphatic heterocycles. The Morgan fingerprint density at radius 2 is 2.00 bits per heavy atom. The summed E-state index contributed by atoms with van der Waals surface area (Å²) in [6, 6.07) is 10.8. The number of aliphatic hydroxyl groups excluding tert-OH is 1. The van der Waals surface area contributed by atoms with Crippen molar-refractivity contribution in [2.45, 2.75) is 18.9 Å². The number of rotatable bonds is 8. The third kappa shape index (κ3) is 5.84. The van der Waals surface area contributed by atoms with Crippen molar-refractivity contribution in [2.24, 2.45) is 0 Å². The normalized spacial score (nSPS) is 13.3. The molecule has 4 aromatic heterocycles. The Kier molecular flexibility index (Phi) is 9.16. The van der Waals surface area contributed by atoms with Crippen molar-refractivity contribution in [2.75, 3.05) is 40.5 Å². The number of likely N-dealkylation sites (N-methyl/N-ethyl adjacent to an activating group) is 1. The Balaban J connectivity index is 0.00000370. The standard InChI is InChI=1S/C28H27N5O6.ClH/c1-33(9-10-34)28(35)17-13-24(36-2)26(31-16-17)25-14-21-27(39-25)19(5-8-30-21)20-3-4-23(22(15-29)32-20)38-18-6-11-37-12-7-18;/h3-5,8,13-14,16,18,34H,6-7,9-12H2,1-2H3;1H. The minimum atomic E-state index is -0.293. The van der Waals surface area contributed by atoms with Gasteiger partial charge < -0.3 is 28.6 Å². The summed E-state index contributed by atoms with van der Waals surface area (Å²) in [4.78, 5) is 27.4. The van der Waals surface area contributed by atoms with Gasteiger partial charge in [-0.1, -0.05) is 0 Å². The van der Waals surface area contributed by atoms with E-state index < -0.39 is 0 Å². The number of amides is 1. The molecule has 40 heavy (non-hydrogen) atoms. The van der Waals surface area contributed by atoms with E-state index in [1.807, 2.05) is 0 Å². The van der Waals surface area contributed by atoms with Crippen LogP contribution in [-0.4, -0.2) is 77.5 Å². The summed E-state index contributed by atoms with van der Waals surface area (Å²) in [5.41, 5.74) is 3.12. The molecule has 208 valence electrons. The van der Waals surface area contributed by atoms with Gasteiger partial charge in [0.05, 0.1) is 38.2 Å². The van der Waals surface area contributed by atoms with Crippen molar-refractivity contribution in [1.82, 2.24) is 19.9 Å². The summed E-state index contributed by atoms with van der Waals surface area (Å²) >= 11 is 0. The minimum Gasteiger partial charge on any atom is -0.494 e. The molecule has 0 radical (unpaired) electrons. The summed E-state index contributed by atoms with van der Waals surface area (Å²) in [5, 5.41) is 18.9. The zero-order valence-corrected chi connectivity index (χ0v) is 22.8. The van der Waals surface area contributed by atoms with Gasteiger partial charge in [-0.2, -0.15) is 5.26 Å². The molecule has 1 saturated heterocycles. The third-order valence-corrected chi connectivity index (χ3v) is 6.45. The largest absolute Gasteiger partial charge is 0.494 e. The van der Waals surface area contributed by atoms with E-state index >= 15 is 0 Å². The van der Waals surface area contributed by atoms with Gasteiger partial charge in [-0.3, -0.25) is 9.78 Å². The van der Waals surface area contributed by atoms with Crippen molar-refractivity contribution < 1.29 is 28.5 Å². The molecule has 0 bridgehead atoms. The van der Waals surface area contributed by atoms with Crippen LogP contribution < -0.4 is 9.47 Å². The highest BCUT2D eigenvalue weighted by Gasteiger charge is 2.22. The lowest BCUT2D eigenvalue weighted by molar-refractivity contribution is 0.0253. The molecule has 1 aliphatic rings. The zero-order valence-electron chi connectivity index (χ0n) is 22.0. The maximum Gasteiger partial charge on any atom is 0.255 e. The number of furan rings is 1. The van der Waals surface area contributed by atoms with E-state index in [2.05, 4.69) is 21.0 Å². The smallest absolute Gasteiger partial charge is 0.255 e. The molecule has 11 nitrogen and oxygen atoms in total. The van der Waals surface area contributed by atoms with Crippen molar-refractivity contribution in [3.8, 4) is 40.3 Å². The fourth-order valence-corrected chi connectivity index (χ4v) is 4.38. The Hall–Kier alpha value is -4.24. The first kappa shape index (κ1) is 28.8. The van der Waals surface area contributed by atoms with Gasteiger partial charge in [0, 0.05) is 50.5 Å². The molecule has 5 heterocycles. The summed E-state index contributed by atoms with van der Waals surface area (Å²) in [6.45, 7) is 1.32. The van der Waals surface area contributed by atoms with Gasteiger partial charge in [-0.05, 0) is 24.3 Å². The molecule has 1 N–H and O–H groups in total. The number of hydrogen-bond donors (Lipinski definition) is 1. The fourth-order valence-electron chi connectivity index (χ4n) is 4.38. The van der Waals surface area contributed by atoms with E-state index in [1.54, 1.807) is 43.6 Å². The number of hydrogen-bond acceptors (Lipinski definition) is 10. The summed E-state index contributed by atoms with van der Waals surface area (Å²) in [6.07, 6.45) is 4.59. The van der Waals surface area contributed by atoms with Crippen LogP contribution in [0.4, 0.5) is 0 Å². The van der Waals surface area contributed by atoms with Crippen LogP contribution in [0.2, 0.25) is 0 Å². The number of carbonyl (C=O) groups is 1. The van der Waals surface area contributed by atoms with Crippen molar-refractivity contribution in [3.63, 3.8) is 0 Å². The number of fused-ring (bicyclic) bond motifs is 1. The molecule has 0 aliphatic carbocycles.